The largest absolute Gasteiger partial charge is 0.497 e. The van der Waals surface area contributed by atoms with Crippen LogP contribution in [0.15, 0.2) is 24.3 Å². The van der Waals surface area contributed by atoms with E-state index in [1.54, 1.807) is 7.11 Å². The van der Waals surface area contributed by atoms with Gasteiger partial charge in [0, 0.05) is 17.4 Å². The Labute approximate surface area is 162 Å². The van der Waals surface area contributed by atoms with Crippen LogP contribution in [0.4, 0.5) is 0 Å². The highest BCUT2D eigenvalue weighted by Gasteiger charge is 2.33. The molecule has 0 radical (unpaired) electrons. The lowest BCUT2D eigenvalue weighted by Crippen LogP contribution is -2.38. The molecule has 27 heavy (non-hydrogen) atoms. The number of rotatable bonds is 4. The summed E-state index contributed by atoms with van der Waals surface area (Å²) >= 11 is 0. The van der Waals surface area contributed by atoms with Crippen LogP contribution in [0.1, 0.15) is 46.5 Å². The van der Waals surface area contributed by atoms with Gasteiger partial charge in [0.25, 0.3) is 0 Å². The van der Waals surface area contributed by atoms with Crippen molar-refractivity contribution in [3.8, 4) is 17.6 Å². The van der Waals surface area contributed by atoms with Crippen LogP contribution in [0.2, 0.25) is 0 Å². The fourth-order valence-electron chi connectivity index (χ4n) is 2.80. The van der Waals surface area contributed by atoms with E-state index in [0.29, 0.717) is 6.61 Å². The zero-order chi connectivity index (χ0) is 20.0. The Kier molecular flexibility index (Phi) is 7.29. The van der Waals surface area contributed by atoms with E-state index in [2.05, 4.69) is 18.8 Å². The molecule has 1 fully saturated rings. The Hall–Kier alpha value is -2.03. The summed E-state index contributed by atoms with van der Waals surface area (Å²) in [6, 6.07) is 7.67. The number of ether oxygens (including phenoxy) is 4. The Bertz CT molecular complexity index is 677. The minimum Gasteiger partial charge on any atom is -0.497 e. The van der Waals surface area contributed by atoms with Crippen LogP contribution in [0.5, 0.6) is 5.75 Å². The van der Waals surface area contributed by atoms with Crippen molar-refractivity contribution in [2.24, 2.45) is 17.3 Å². The van der Waals surface area contributed by atoms with E-state index in [4.69, 9.17) is 18.9 Å². The predicted molar refractivity (Wildman–Crippen MR) is 103 cm³/mol. The van der Waals surface area contributed by atoms with Crippen molar-refractivity contribution in [1.82, 2.24) is 0 Å². The molecule has 1 aliphatic heterocycles. The Morgan fingerprint density at radius 3 is 2.56 bits per heavy atom. The van der Waals surface area contributed by atoms with Crippen molar-refractivity contribution >= 4 is 5.97 Å². The maximum Gasteiger partial charge on any atom is 0.312 e. The van der Waals surface area contributed by atoms with Gasteiger partial charge in [-0.2, -0.15) is 0 Å². The van der Waals surface area contributed by atoms with Crippen molar-refractivity contribution in [2.75, 3.05) is 20.3 Å². The SMILES string of the molecule is COc1ccc(C2OC[C@H](C)[C@H]([C@H](C)C#CCOC(=O)C(C)(C)C)O2)cc1. The summed E-state index contributed by atoms with van der Waals surface area (Å²) in [7, 11) is 1.64. The highest BCUT2D eigenvalue weighted by Crippen LogP contribution is 2.33. The van der Waals surface area contributed by atoms with E-state index in [1.807, 2.05) is 52.0 Å². The van der Waals surface area contributed by atoms with Gasteiger partial charge in [-0.25, -0.2) is 0 Å². The number of hydrogen-bond donors (Lipinski definition) is 0. The minimum atomic E-state index is -0.517. The molecule has 0 saturated carbocycles. The van der Waals surface area contributed by atoms with Crippen LogP contribution in [-0.4, -0.2) is 32.4 Å². The highest BCUT2D eigenvalue weighted by molar-refractivity contribution is 5.75. The summed E-state index contributed by atoms with van der Waals surface area (Å²) in [5.74, 6) is 6.86. The third-order valence-corrected chi connectivity index (χ3v) is 4.45. The van der Waals surface area contributed by atoms with Gasteiger partial charge in [-0.15, -0.1) is 0 Å². The summed E-state index contributed by atoms with van der Waals surface area (Å²) in [4.78, 5) is 11.8. The average Bonchev–Trinajstić information content (AvgIpc) is 2.64. The van der Waals surface area contributed by atoms with Crippen molar-refractivity contribution < 1.29 is 23.7 Å². The lowest BCUT2D eigenvalue weighted by Gasteiger charge is -2.36. The maximum absolute atomic E-state index is 11.8. The fourth-order valence-corrected chi connectivity index (χ4v) is 2.80. The summed E-state index contributed by atoms with van der Waals surface area (Å²) in [6.45, 7) is 10.3. The van der Waals surface area contributed by atoms with Crippen molar-refractivity contribution in [2.45, 2.75) is 47.0 Å². The molecule has 1 aromatic carbocycles. The topological polar surface area (TPSA) is 54.0 Å². The summed E-state index contributed by atoms with van der Waals surface area (Å²) in [5, 5.41) is 0. The van der Waals surface area contributed by atoms with Crippen LogP contribution in [0.3, 0.4) is 0 Å². The lowest BCUT2D eigenvalue weighted by atomic mass is 9.93. The molecule has 0 aromatic heterocycles. The second-order valence-corrected chi connectivity index (χ2v) is 7.95. The molecule has 0 bridgehead atoms. The highest BCUT2D eigenvalue weighted by atomic mass is 16.7. The molecule has 4 atom stereocenters. The van der Waals surface area contributed by atoms with Gasteiger partial charge in [-0.1, -0.05) is 30.9 Å². The van der Waals surface area contributed by atoms with Crippen LogP contribution in [0.25, 0.3) is 0 Å². The molecule has 148 valence electrons. The molecule has 0 amide bonds. The first kappa shape index (κ1) is 21.3. The van der Waals surface area contributed by atoms with E-state index in [9.17, 15) is 4.79 Å². The smallest absolute Gasteiger partial charge is 0.312 e. The third kappa shape index (κ3) is 5.98. The summed E-state index contributed by atoms with van der Waals surface area (Å²) < 4.78 is 22.4. The molecule has 2 rings (SSSR count). The second kappa shape index (κ2) is 9.25. The molecule has 1 unspecified atom stereocenters. The van der Waals surface area contributed by atoms with E-state index >= 15 is 0 Å². The normalized spacial score (nSPS) is 23.7. The Morgan fingerprint density at radius 2 is 1.96 bits per heavy atom. The van der Waals surface area contributed by atoms with Crippen molar-refractivity contribution in [1.29, 1.82) is 0 Å². The quantitative estimate of drug-likeness (QED) is 0.589. The molecule has 0 N–H and O–H groups in total. The number of esters is 1. The van der Waals surface area contributed by atoms with Gasteiger partial charge in [0.05, 0.1) is 25.2 Å². The van der Waals surface area contributed by atoms with E-state index in [0.717, 1.165) is 11.3 Å². The van der Waals surface area contributed by atoms with Crippen molar-refractivity contribution in [3.05, 3.63) is 29.8 Å². The van der Waals surface area contributed by atoms with E-state index in [-0.39, 0.29) is 30.5 Å². The van der Waals surface area contributed by atoms with Gasteiger partial charge >= 0.3 is 5.97 Å². The monoisotopic (exact) mass is 374 g/mol. The molecular weight excluding hydrogens is 344 g/mol. The Morgan fingerprint density at radius 1 is 1.30 bits per heavy atom. The third-order valence-electron chi connectivity index (χ3n) is 4.45. The van der Waals surface area contributed by atoms with E-state index < -0.39 is 11.7 Å². The molecule has 0 spiro atoms. The summed E-state index contributed by atoms with van der Waals surface area (Å²) in [5.41, 5.74) is 0.434. The van der Waals surface area contributed by atoms with Crippen LogP contribution >= 0.6 is 0 Å². The molecular formula is C22H30O5. The van der Waals surface area contributed by atoms with Gasteiger partial charge in [0.1, 0.15) is 5.75 Å². The first-order chi connectivity index (χ1) is 12.7. The number of hydrogen-bond acceptors (Lipinski definition) is 5. The summed E-state index contributed by atoms with van der Waals surface area (Å²) in [6.07, 6.45) is -0.475. The lowest BCUT2D eigenvalue weighted by molar-refractivity contribution is -0.245. The molecule has 1 aromatic rings. The maximum atomic E-state index is 11.8. The Balaban J connectivity index is 1.95. The van der Waals surface area contributed by atoms with Gasteiger partial charge < -0.3 is 18.9 Å². The molecule has 5 heteroatoms. The fraction of sp³-hybridized carbons (Fsp3) is 0.591. The van der Waals surface area contributed by atoms with Crippen LogP contribution < -0.4 is 4.74 Å². The van der Waals surface area contributed by atoms with Crippen LogP contribution in [0, 0.1) is 29.1 Å². The standard InChI is InChI=1S/C22H30O5/c1-15(8-7-13-25-21(23)22(3,4)5)19-16(2)14-26-20(27-19)17-9-11-18(24-6)12-10-17/h9-12,15-16,19-20H,13-14H2,1-6H3/t15-,16+,19+,20?/m1/s1. The second-order valence-electron chi connectivity index (χ2n) is 7.95. The average molecular weight is 374 g/mol. The van der Waals surface area contributed by atoms with Gasteiger partial charge in [-0.05, 0) is 39.8 Å². The number of carbonyl (C=O) groups is 1. The predicted octanol–water partition coefficient (Wildman–Crippen LogP) is 3.97. The zero-order valence-electron chi connectivity index (χ0n) is 17.1. The van der Waals surface area contributed by atoms with Gasteiger partial charge in [-0.3, -0.25) is 4.79 Å². The molecule has 1 aliphatic rings. The van der Waals surface area contributed by atoms with Gasteiger partial charge in [0.15, 0.2) is 12.9 Å². The molecule has 0 aliphatic carbocycles. The zero-order valence-corrected chi connectivity index (χ0v) is 17.1. The first-order valence-corrected chi connectivity index (χ1v) is 9.29. The number of benzene rings is 1. The minimum absolute atomic E-state index is 0.00186. The molecule has 5 nitrogen and oxygen atoms in total. The van der Waals surface area contributed by atoms with Gasteiger partial charge in [0.2, 0.25) is 0 Å². The van der Waals surface area contributed by atoms with Crippen LogP contribution in [-0.2, 0) is 19.0 Å². The van der Waals surface area contributed by atoms with Crippen molar-refractivity contribution in [3.63, 3.8) is 0 Å². The number of methoxy groups -OCH3 is 1. The molecule has 1 saturated heterocycles. The van der Waals surface area contributed by atoms with E-state index in [1.165, 1.54) is 0 Å². The first-order valence-electron chi connectivity index (χ1n) is 9.29. The number of carbonyl (C=O) groups excluding carboxylic acids is 1. The molecule has 1 heterocycles.